The van der Waals surface area contributed by atoms with E-state index in [1.165, 1.54) is 22.9 Å². The average molecular weight is 349 g/mol. The molecule has 0 saturated carbocycles. The molecule has 130 valence electrons. The molecule has 26 heavy (non-hydrogen) atoms. The molecular weight excluding hydrogens is 334 g/mol. The molecule has 0 amide bonds. The summed E-state index contributed by atoms with van der Waals surface area (Å²) in [7, 11) is 0. The summed E-state index contributed by atoms with van der Waals surface area (Å²) in [4.78, 5) is 14.7. The molecule has 0 spiro atoms. The Morgan fingerprint density at radius 1 is 1.31 bits per heavy atom. The number of aryl methyl sites for hydroxylation is 1. The molecule has 3 rings (SSSR count). The van der Waals surface area contributed by atoms with Crippen LogP contribution in [0.1, 0.15) is 23.1 Å². The number of aromatic nitrogens is 3. The number of aliphatic hydroxyl groups is 1. The fourth-order valence-corrected chi connectivity index (χ4v) is 2.56. The van der Waals surface area contributed by atoms with Gasteiger partial charge in [0.1, 0.15) is 5.82 Å². The van der Waals surface area contributed by atoms with Crippen molar-refractivity contribution < 1.29 is 10.0 Å². The van der Waals surface area contributed by atoms with Gasteiger partial charge in [0, 0.05) is 17.7 Å². The van der Waals surface area contributed by atoms with Crippen molar-refractivity contribution in [3.05, 3.63) is 75.6 Å². The predicted molar refractivity (Wildman–Crippen MR) is 93.0 cm³/mol. The molecule has 1 unspecified atom stereocenters. The molecule has 0 aliphatic carbocycles. The lowest BCUT2D eigenvalue weighted by Gasteiger charge is -2.11. The first-order valence-electron chi connectivity index (χ1n) is 7.82. The normalized spacial score (nSPS) is 11.7. The van der Waals surface area contributed by atoms with Gasteiger partial charge in [0.15, 0.2) is 5.82 Å². The maximum absolute atomic E-state index is 10.9. The third-order valence-corrected chi connectivity index (χ3v) is 3.92. The Kier molecular flexibility index (Phi) is 4.73. The first kappa shape index (κ1) is 17.3. The molecule has 8 heteroatoms. The molecule has 0 aliphatic rings. The van der Waals surface area contributed by atoms with Crippen LogP contribution in [0.15, 0.2) is 48.5 Å². The standard InChI is InChI=1S/C18H15N5O3/c1-12-20-18(15-6-2-4-13(8-15)10-19)21-22(12)11-17(24)14-5-3-7-16(9-14)23(25)26/h2-9,17,24H,11H2,1H3. The van der Waals surface area contributed by atoms with Gasteiger partial charge >= 0.3 is 0 Å². The van der Waals surface area contributed by atoms with Gasteiger partial charge in [-0.05, 0) is 24.6 Å². The van der Waals surface area contributed by atoms with Gasteiger partial charge in [0.05, 0.1) is 29.2 Å². The van der Waals surface area contributed by atoms with Crippen LogP contribution in [0.25, 0.3) is 11.4 Å². The summed E-state index contributed by atoms with van der Waals surface area (Å²) < 4.78 is 1.54. The number of nitrogens with zero attached hydrogens (tertiary/aromatic N) is 5. The van der Waals surface area contributed by atoms with Crippen molar-refractivity contribution in [2.75, 3.05) is 0 Å². The second-order valence-corrected chi connectivity index (χ2v) is 5.73. The Labute approximate surface area is 149 Å². The molecule has 1 aromatic heterocycles. The van der Waals surface area contributed by atoms with E-state index in [1.807, 2.05) is 0 Å². The third-order valence-electron chi connectivity index (χ3n) is 3.92. The molecular formula is C18H15N5O3. The maximum Gasteiger partial charge on any atom is 0.269 e. The molecule has 1 atom stereocenters. The van der Waals surface area contributed by atoms with E-state index in [-0.39, 0.29) is 12.2 Å². The van der Waals surface area contributed by atoms with Crippen molar-refractivity contribution in [1.82, 2.24) is 14.8 Å². The van der Waals surface area contributed by atoms with Crippen LogP contribution < -0.4 is 0 Å². The van der Waals surface area contributed by atoms with Gasteiger partial charge in [0.2, 0.25) is 0 Å². The van der Waals surface area contributed by atoms with Crippen LogP contribution in [0.3, 0.4) is 0 Å². The molecule has 0 radical (unpaired) electrons. The molecule has 0 bridgehead atoms. The van der Waals surface area contributed by atoms with Crippen molar-refractivity contribution in [1.29, 1.82) is 5.26 Å². The second kappa shape index (κ2) is 7.13. The number of nitro groups is 1. The van der Waals surface area contributed by atoms with E-state index in [4.69, 9.17) is 5.26 Å². The van der Waals surface area contributed by atoms with Crippen molar-refractivity contribution >= 4 is 5.69 Å². The minimum atomic E-state index is -0.964. The van der Waals surface area contributed by atoms with E-state index in [9.17, 15) is 15.2 Å². The number of aliphatic hydroxyl groups excluding tert-OH is 1. The van der Waals surface area contributed by atoms with Crippen LogP contribution in [0.5, 0.6) is 0 Å². The lowest BCUT2D eigenvalue weighted by atomic mass is 10.1. The molecule has 1 N–H and O–H groups in total. The monoisotopic (exact) mass is 349 g/mol. The van der Waals surface area contributed by atoms with Gasteiger partial charge in [-0.15, -0.1) is 0 Å². The summed E-state index contributed by atoms with van der Waals surface area (Å²) in [5, 5.41) is 34.7. The zero-order valence-electron chi connectivity index (χ0n) is 13.9. The van der Waals surface area contributed by atoms with Gasteiger partial charge in [0.25, 0.3) is 5.69 Å². The number of benzene rings is 2. The highest BCUT2D eigenvalue weighted by atomic mass is 16.6. The molecule has 8 nitrogen and oxygen atoms in total. The first-order chi connectivity index (χ1) is 12.5. The Bertz CT molecular complexity index is 1010. The number of non-ortho nitro benzene ring substituents is 1. The predicted octanol–water partition coefficient (Wildman–Crippen LogP) is 2.77. The van der Waals surface area contributed by atoms with Crippen LogP contribution in [-0.4, -0.2) is 24.8 Å². The quantitative estimate of drug-likeness (QED) is 0.559. The second-order valence-electron chi connectivity index (χ2n) is 5.73. The van der Waals surface area contributed by atoms with Gasteiger partial charge in [-0.2, -0.15) is 10.4 Å². The van der Waals surface area contributed by atoms with Crippen LogP contribution >= 0.6 is 0 Å². The molecule has 1 heterocycles. The van der Waals surface area contributed by atoms with Gasteiger partial charge in [-0.3, -0.25) is 10.1 Å². The van der Waals surface area contributed by atoms with E-state index >= 15 is 0 Å². The minimum absolute atomic E-state index is 0.0779. The number of hydrogen-bond acceptors (Lipinski definition) is 6. The fourth-order valence-electron chi connectivity index (χ4n) is 2.56. The number of rotatable bonds is 5. The molecule has 3 aromatic rings. The lowest BCUT2D eigenvalue weighted by Crippen LogP contribution is -2.11. The van der Waals surface area contributed by atoms with Crippen LogP contribution in [0, 0.1) is 28.4 Å². The topological polar surface area (TPSA) is 118 Å². The van der Waals surface area contributed by atoms with Crippen LogP contribution in [-0.2, 0) is 6.54 Å². The van der Waals surface area contributed by atoms with Gasteiger partial charge in [-0.1, -0.05) is 24.3 Å². The maximum atomic E-state index is 10.9. The summed E-state index contributed by atoms with van der Waals surface area (Å²) >= 11 is 0. The Balaban J connectivity index is 1.84. The Hall–Kier alpha value is -3.57. The summed E-state index contributed by atoms with van der Waals surface area (Å²) in [6.45, 7) is 1.86. The highest BCUT2D eigenvalue weighted by Crippen LogP contribution is 2.22. The smallest absolute Gasteiger partial charge is 0.269 e. The van der Waals surface area contributed by atoms with E-state index in [1.54, 1.807) is 37.3 Å². The SMILES string of the molecule is Cc1nc(-c2cccc(C#N)c2)nn1CC(O)c1cccc([N+](=O)[O-])c1. The van der Waals surface area contributed by atoms with Crippen molar-refractivity contribution in [2.45, 2.75) is 19.6 Å². The van der Waals surface area contributed by atoms with E-state index in [0.717, 1.165) is 0 Å². The van der Waals surface area contributed by atoms with Gasteiger partial charge < -0.3 is 5.11 Å². The number of nitriles is 1. The van der Waals surface area contributed by atoms with Crippen molar-refractivity contribution in [3.63, 3.8) is 0 Å². The zero-order valence-corrected chi connectivity index (χ0v) is 13.9. The Morgan fingerprint density at radius 3 is 2.81 bits per heavy atom. The highest BCUT2D eigenvalue weighted by molar-refractivity contribution is 5.57. The zero-order chi connectivity index (χ0) is 18.7. The molecule has 0 fully saturated rings. The minimum Gasteiger partial charge on any atom is -0.386 e. The van der Waals surface area contributed by atoms with Crippen molar-refractivity contribution in [3.8, 4) is 17.5 Å². The summed E-state index contributed by atoms with van der Waals surface area (Å²) in [6.07, 6.45) is -0.964. The van der Waals surface area contributed by atoms with E-state index in [0.29, 0.717) is 28.3 Å². The largest absolute Gasteiger partial charge is 0.386 e. The van der Waals surface area contributed by atoms with Crippen LogP contribution in [0.4, 0.5) is 5.69 Å². The summed E-state index contributed by atoms with van der Waals surface area (Å²) in [5.74, 6) is 1.04. The first-order valence-corrected chi connectivity index (χ1v) is 7.82. The Morgan fingerprint density at radius 2 is 2.08 bits per heavy atom. The van der Waals surface area contributed by atoms with E-state index in [2.05, 4.69) is 16.2 Å². The third kappa shape index (κ3) is 3.58. The van der Waals surface area contributed by atoms with Crippen LogP contribution in [0.2, 0.25) is 0 Å². The highest BCUT2D eigenvalue weighted by Gasteiger charge is 2.16. The summed E-state index contributed by atoms with van der Waals surface area (Å²) in [5.41, 5.74) is 1.57. The van der Waals surface area contributed by atoms with E-state index < -0.39 is 11.0 Å². The number of hydrogen-bond donors (Lipinski definition) is 1. The molecule has 0 saturated heterocycles. The summed E-state index contributed by atoms with van der Waals surface area (Å²) in [6, 6.07) is 14.9. The molecule has 0 aliphatic heterocycles. The average Bonchev–Trinajstić information content (AvgIpc) is 3.02. The van der Waals surface area contributed by atoms with Gasteiger partial charge in [-0.25, -0.2) is 9.67 Å². The number of nitro benzene ring substituents is 1. The molecule has 2 aromatic carbocycles. The fraction of sp³-hybridized carbons (Fsp3) is 0.167. The lowest BCUT2D eigenvalue weighted by molar-refractivity contribution is -0.385. The van der Waals surface area contributed by atoms with Crippen molar-refractivity contribution in [2.24, 2.45) is 0 Å².